The zero-order valence-corrected chi connectivity index (χ0v) is 21.9. The van der Waals surface area contributed by atoms with Gasteiger partial charge in [-0.25, -0.2) is 9.97 Å². The molecule has 202 valence electrons. The van der Waals surface area contributed by atoms with E-state index in [0.29, 0.717) is 4.90 Å². The fraction of sp³-hybridized carbons (Fsp3) is 0.480. The number of amides is 1. The van der Waals surface area contributed by atoms with Gasteiger partial charge in [0.15, 0.2) is 11.4 Å². The molecule has 2 aliphatic rings. The highest BCUT2D eigenvalue weighted by molar-refractivity contribution is 7.11. The molecule has 3 aromatic rings. The van der Waals surface area contributed by atoms with Gasteiger partial charge < -0.3 is 20.6 Å². The first-order valence-corrected chi connectivity index (χ1v) is 12.9. The number of carbonyl (C=O) groups excluding carboxylic acids is 1. The van der Waals surface area contributed by atoms with Crippen LogP contribution < -0.4 is 21.5 Å². The first kappa shape index (κ1) is 26.1. The fourth-order valence-corrected chi connectivity index (χ4v) is 6.25. The summed E-state index contributed by atoms with van der Waals surface area (Å²) in [6.07, 6.45) is -2.37. The van der Waals surface area contributed by atoms with Gasteiger partial charge in [0.25, 0.3) is 16.8 Å². The maximum atomic E-state index is 13.5. The molecule has 1 amide bonds. The standard InChI is InChI=1S/C25H26F3N5O4S/c1-11-30-13-5-7-23(2,3)21(20(13)38-11)32-15-14(18(35)19(15)36)31-12-6-10-29-16(17(12)34)22(37)33(4)24(8-9-24)25(26,27)28/h6,10,21,32,34H,5,7-9H2,1-4H3,(H,29,31). The number of aromatic nitrogens is 2. The molecule has 1 saturated carbocycles. The summed E-state index contributed by atoms with van der Waals surface area (Å²) < 4.78 is 40.6. The van der Waals surface area contributed by atoms with Gasteiger partial charge in [-0.2, -0.15) is 13.2 Å². The van der Waals surface area contributed by atoms with Gasteiger partial charge in [-0.15, -0.1) is 11.3 Å². The van der Waals surface area contributed by atoms with Gasteiger partial charge in [0.2, 0.25) is 0 Å². The number of aromatic hydroxyl groups is 1. The third-order valence-electron chi connectivity index (χ3n) is 7.67. The quantitative estimate of drug-likeness (QED) is 0.391. The maximum Gasteiger partial charge on any atom is 0.411 e. The van der Waals surface area contributed by atoms with Gasteiger partial charge in [0.05, 0.1) is 27.3 Å². The number of fused-ring (bicyclic) bond motifs is 1. The Labute approximate surface area is 219 Å². The Morgan fingerprint density at radius 1 is 1.18 bits per heavy atom. The van der Waals surface area contributed by atoms with Crippen LogP contribution in [-0.4, -0.2) is 44.6 Å². The molecule has 2 heterocycles. The highest BCUT2D eigenvalue weighted by atomic mass is 32.1. The summed E-state index contributed by atoms with van der Waals surface area (Å²) in [5, 5.41) is 17.5. The summed E-state index contributed by atoms with van der Waals surface area (Å²) in [6, 6.07) is 0.966. The Morgan fingerprint density at radius 3 is 2.47 bits per heavy atom. The first-order valence-electron chi connectivity index (χ1n) is 12.0. The van der Waals surface area contributed by atoms with Crippen molar-refractivity contribution in [1.82, 2.24) is 14.9 Å². The lowest BCUT2D eigenvalue weighted by atomic mass is 9.74. The number of aryl methyl sites for hydroxylation is 2. The molecule has 0 bridgehead atoms. The summed E-state index contributed by atoms with van der Waals surface area (Å²) in [7, 11) is 1.02. The van der Waals surface area contributed by atoms with Gasteiger partial charge >= 0.3 is 6.18 Å². The summed E-state index contributed by atoms with van der Waals surface area (Å²) in [4.78, 5) is 47.8. The Hall–Kier alpha value is -3.48. The van der Waals surface area contributed by atoms with Crippen LogP contribution in [0.5, 0.6) is 5.75 Å². The normalized spacial score (nSPS) is 19.6. The van der Waals surface area contributed by atoms with E-state index in [1.165, 1.54) is 17.4 Å². The van der Waals surface area contributed by atoms with Crippen LogP contribution in [0.1, 0.15) is 65.2 Å². The van der Waals surface area contributed by atoms with E-state index in [1.807, 2.05) is 6.92 Å². The highest BCUT2D eigenvalue weighted by Gasteiger charge is 2.67. The molecule has 0 spiro atoms. The van der Waals surface area contributed by atoms with E-state index in [-0.39, 0.29) is 41.4 Å². The SMILES string of the molecule is Cc1nc2c(s1)C(Nc1c(Nc3ccnc(C(=O)N(C)C4(C(F)(F)F)CC4)c3O)c(=O)c1=O)C(C)(C)CC2. The third-order valence-corrected chi connectivity index (χ3v) is 8.75. The van der Waals surface area contributed by atoms with Gasteiger partial charge in [-0.3, -0.25) is 14.4 Å². The largest absolute Gasteiger partial charge is 0.504 e. The number of halogens is 3. The van der Waals surface area contributed by atoms with Gasteiger partial charge in [-0.05, 0) is 44.1 Å². The number of anilines is 3. The van der Waals surface area contributed by atoms with Crippen molar-refractivity contribution in [3.63, 3.8) is 0 Å². The van der Waals surface area contributed by atoms with Crippen LogP contribution >= 0.6 is 11.3 Å². The summed E-state index contributed by atoms with van der Waals surface area (Å²) >= 11 is 1.52. The molecule has 1 aromatic carbocycles. The van der Waals surface area contributed by atoms with Crippen molar-refractivity contribution in [3.05, 3.63) is 54.0 Å². The predicted octanol–water partition coefficient (Wildman–Crippen LogP) is 4.18. The Morgan fingerprint density at radius 2 is 1.84 bits per heavy atom. The molecule has 9 nitrogen and oxygen atoms in total. The van der Waals surface area contributed by atoms with E-state index >= 15 is 0 Å². The topological polar surface area (TPSA) is 125 Å². The first-order chi connectivity index (χ1) is 17.7. The number of pyridine rings is 1. The Bertz CT molecular complexity index is 1520. The Kier molecular flexibility index (Phi) is 5.86. The summed E-state index contributed by atoms with van der Waals surface area (Å²) in [6.45, 7) is 6.01. The molecule has 38 heavy (non-hydrogen) atoms. The lowest BCUT2D eigenvalue weighted by molar-refractivity contribution is -0.185. The molecular formula is C25H26F3N5O4S. The second kappa shape index (κ2) is 8.52. The van der Waals surface area contributed by atoms with Crippen LogP contribution in [0.4, 0.5) is 30.2 Å². The molecule has 1 unspecified atom stereocenters. The van der Waals surface area contributed by atoms with Crippen molar-refractivity contribution in [2.75, 3.05) is 17.7 Å². The van der Waals surface area contributed by atoms with E-state index in [0.717, 1.165) is 41.7 Å². The van der Waals surface area contributed by atoms with Crippen molar-refractivity contribution in [2.24, 2.45) is 5.41 Å². The number of hydrogen-bond donors (Lipinski definition) is 3. The molecule has 2 aromatic heterocycles. The fourth-order valence-electron chi connectivity index (χ4n) is 5.01. The average molecular weight is 550 g/mol. The zero-order valence-electron chi connectivity index (χ0n) is 21.1. The molecule has 5 rings (SSSR count). The number of alkyl halides is 3. The predicted molar refractivity (Wildman–Crippen MR) is 136 cm³/mol. The summed E-state index contributed by atoms with van der Waals surface area (Å²) in [5.41, 5.74) is -3.98. The van der Waals surface area contributed by atoms with E-state index in [1.54, 1.807) is 0 Å². The maximum absolute atomic E-state index is 13.5. The summed E-state index contributed by atoms with van der Waals surface area (Å²) in [5.74, 6) is -1.83. The van der Waals surface area contributed by atoms with E-state index in [9.17, 15) is 32.7 Å². The van der Waals surface area contributed by atoms with Crippen molar-refractivity contribution in [2.45, 2.75) is 64.2 Å². The molecule has 13 heteroatoms. The van der Waals surface area contributed by atoms with Gasteiger partial charge in [-0.1, -0.05) is 13.8 Å². The number of nitrogens with zero attached hydrogens (tertiary/aromatic N) is 3. The second-order valence-electron chi connectivity index (χ2n) is 10.6. The van der Waals surface area contributed by atoms with Crippen molar-refractivity contribution >= 4 is 34.3 Å². The van der Waals surface area contributed by atoms with Crippen molar-refractivity contribution < 1.29 is 23.1 Å². The van der Waals surface area contributed by atoms with Crippen LogP contribution in [0.15, 0.2) is 21.9 Å². The van der Waals surface area contributed by atoms with Crippen LogP contribution in [0, 0.1) is 12.3 Å². The van der Waals surface area contributed by atoms with Crippen LogP contribution in [0.25, 0.3) is 0 Å². The molecule has 2 aliphatic carbocycles. The lowest BCUT2D eigenvalue weighted by Gasteiger charge is -2.39. The van der Waals surface area contributed by atoms with Crippen LogP contribution in [0.2, 0.25) is 0 Å². The molecule has 0 saturated heterocycles. The van der Waals surface area contributed by atoms with Crippen molar-refractivity contribution in [1.29, 1.82) is 0 Å². The number of nitrogens with one attached hydrogen (secondary N) is 2. The van der Waals surface area contributed by atoms with Crippen molar-refractivity contribution in [3.8, 4) is 5.75 Å². The lowest BCUT2D eigenvalue weighted by Crippen LogP contribution is -2.49. The minimum Gasteiger partial charge on any atom is -0.504 e. The third kappa shape index (κ3) is 3.94. The minimum absolute atomic E-state index is 0.0298. The van der Waals surface area contributed by atoms with E-state index in [2.05, 4.69) is 34.4 Å². The molecule has 3 N–H and O–H groups in total. The van der Waals surface area contributed by atoms with E-state index < -0.39 is 39.9 Å². The van der Waals surface area contributed by atoms with Gasteiger partial charge in [0.1, 0.15) is 16.9 Å². The van der Waals surface area contributed by atoms with E-state index in [4.69, 9.17) is 0 Å². The van der Waals surface area contributed by atoms with Gasteiger partial charge in [0, 0.05) is 13.2 Å². The molecule has 0 aliphatic heterocycles. The second-order valence-corrected chi connectivity index (χ2v) is 11.8. The molecular weight excluding hydrogens is 523 g/mol. The zero-order chi connectivity index (χ0) is 27.8. The minimum atomic E-state index is -4.63. The van der Waals surface area contributed by atoms with Crippen LogP contribution in [-0.2, 0) is 6.42 Å². The number of hydrogen-bond acceptors (Lipinski definition) is 9. The molecule has 1 fully saturated rings. The molecule has 0 radical (unpaired) electrons. The number of carbonyl (C=O) groups is 1. The number of rotatable bonds is 6. The Balaban J connectivity index is 1.43. The smallest absolute Gasteiger partial charge is 0.411 e. The average Bonchev–Trinajstić information content (AvgIpc) is 3.59. The highest BCUT2D eigenvalue weighted by Crippen LogP contribution is 2.53. The molecule has 1 atom stereocenters. The van der Waals surface area contributed by atoms with Crippen LogP contribution in [0.3, 0.4) is 0 Å². The monoisotopic (exact) mass is 549 g/mol. The number of thiazole rings is 1.